The van der Waals surface area contributed by atoms with Crippen LogP contribution in [0.4, 0.5) is 5.95 Å². The van der Waals surface area contributed by atoms with E-state index in [0.717, 1.165) is 13.1 Å². The normalized spacial score (nSPS) is 12.8. The van der Waals surface area contributed by atoms with Gasteiger partial charge in [0.25, 0.3) is 5.95 Å². The van der Waals surface area contributed by atoms with Crippen molar-refractivity contribution in [1.82, 2.24) is 10.1 Å². The summed E-state index contributed by atoms with van der Waals surface area (Å²) in [5.74, 6) is 1.23. The Kier molecular flexibility index (Phi) is 4.55. The number of anilines is 1. The van der Waals surface area contributed by atoms with E-state index in [4.69, 9.17) is 9.63 Å². The Labute approximate surface area is 90.1 Å². The lowest BCUT2D eigenvalue weighted by Crippen LogP contribution is -2.23. The van der Waals surface area contributed by atoms with Gasteiger partial charge in [0.1, 0.15) is 0 Å². The molecule has 1 rings (SSSR count). The number of hydrogen-bond acceptors (Lipinski definition) is 5. The summed E-state index contributed by atoms with van der Waals surface area (Å²) in [6.07, 6.45) is 0.958. The van der Waals surface area contributed by atoms with Crippen LogP contribution in [0.2, 0.25) is 0 Å². The molecule has 5 heteroatoms. The van der Waals surface area contributed by atoms with Crippen molar-refractivity contribution < 1.29 is 9.63 Å². The summed E-state index contributed by atoms with van der Waals surface area (Å²) in [7, 11) is 0. The highest BCUT2D eigenvalue weighted by Gasteiger charge is 2.11. The molecule has 1 unspecified atom stereocenters. The summed E-state index contributed by atoms with van der Waals surface area (Å²) in [6, 6.07) is 0. The molecule has 15 heavy (non-hydrogen) atoms. The lowest BCUT2D eigenvalue weighted by Gasteiger charge is -2.14. The minimum Gasteiger partial charge on any atom is -0.393 e. The molecule has 1 aromatic rings. The molecule has 0 saturated heterocycles. The SMILES string of the molecule is CCN(CC)c1noc(CCC(C)O)n1. The van der Waals surface area contributed by atoms with Crippen LogP contribution in [0.1, 0.15) is 33.1 Å². The number of rotatable bonds is 6. The zero-order valence-electron chi connectivity index (χ0n) is 9.60. The molecule has 1 heterocycles. The van der Waals surface area contributed by atoms with E-state index >= 15 is 0 Å². The van der Waals surface area contributed by atoms with Gasteiger partial charge in [-0.1, -0.05) is 0 Å². The molecule has 0 aliphatic heterocycles. The fourth-order valence-corrected chi connectivity index (χ4v) is 1.31. The summed E-state index contributed by atoms with van der Waals surface area (Å²) >= 11 is 0. The van der Waals surface area contributed by atoms with Crippen LogP contribution in [0.25, 0.3) is 0 Å². The number of aryl methyl sites for hydroxylation is 1. The van der Waals surface area contributed by atoms with E-state index in [1.54, 1.807) is 6.92 Å². The summed E-state index contributed by atoms with van der Waals surface area (Å²) < 4.78 is 5.09. The maximum absolute atomic E-state index is 9.12. The Bertz CT molecular complexity index is 282. The number of hydrogen-bond donors (Lipinski definition) is 1. The summed E-state index contributed by atoms with van der Waals surface area (Å²) in [4.78, 5) is 6.28. The monoisotopic (exact) mass is 213 g/mol. The van der Waals surface area contributed by atoms with Crippen LogP contribution in [0.15, 0.2) is 4.52 Å². The van der Waals surface area contributed by atoms with E-state index < -0.39 is 0 Å². The molecule has 0 saturated carbocycles. The third-order valence-corrected chi connectivity index (χ3v) is 2.28. The Morgan fingerprint density at radius 1 is 1.40 bits per heavy atom. The summed E-state index contributed by atoms with van der Waals surface area (Å²) in [5, 5.41) is 13.0. The average Bonchev–Trinajstić information content (AvgIpc) is 2.65. The lowest BCUT2D eigenvalue weighted by atomic mass is 10.2. The third-order valence-electron chi connectivity index (χ3n) is 2.28. The Morgan fingerprint density at radius 3 is 2.60 bits per heavy atom. The van der Waals surface area contributed by atoms with E-state index in [9.17, 15) is 0 Å². The molecule has 0 radical (unpaired) electrons. The van der Waals surface area contributed by atoms with E-state index in [-0.39, 0.29) is 6.10 Å². The number of aliphatic hydroxyl groups is 1. The molecular formula is C10H19N3O2. The van der Waals surface area contributed by atoms with Gasteiger partial charge in [-0.25, -0.2) is 0 Å². The molecule has 1 atom stereocenters. The molecule has 1 aromatic heterocycles. The van der Waals surface area contributed by atoms with Gasteiger partial charge in [-0.05, 0) is 32.3 Å². The van der Waals surface area contributed by atoms with Crippen molar-refractivity contribution in [3.05, 3.63) is 5.89 Å². The van der Waals surface area contributed by atoms with Gasteiger partial charge in [-0.3, -0.25) is 0 Å². The Hall–Kier alpha value is -1.10. The Balaban J connectivity index is 2.55. The van der Waals surface area contributed by atoms with Gasteiger partial charge in [-0.15, -0.1) is 0 Å². The van der Waals surface area contributed by atoms with Gasteiger partial charge in [0, 0.05) is 19.5 Å². The first-order valence-corrected chi connectivity index (χ1v) is 5.43. The van der Waals surface area contributed by atoms with Crippen molar-refractivity contribution in [3.8, 4) is 0 Å². The van der Waals surface area contributed by atoms with Gasteiger partial charge < -0.3 is 14.5 Å². The third kappa shape index (κ3) is 3.51. The van der Waals surface area contributed by atoms with Gasteiger partial charge in [-0.2, -0.15) is 4.98 Å². The zero-order valence-corrected chi connectivity index (χ0v) is 9.60. The van der Waals surface area contributed by atoms with Crippen molar-refractivity contribution in [1.29, 1.82) is 0 Å². The minimum absolute atomic E-state index is 0.325. The van der Waals surface area contributed by atoms with Crippen LogP contribution in [-0.4, -0.2) is 34.4 Å². The van der Waals surface area contributed by atoms with Crippen LogP contribution >= 0.6 is 0 Å². The van der Waals surface area contributed by atoms with Gasteiger partial charge in [0.05, 0.1) is 6.10 Å². The van der Waals surface area contributed by atoms with E-state index in [0.29, 0.717) is 24.7 Å². The number of nitrogens with zero attached hydrogens (tertiary/aromatic N) is 3. The van der Waals surface area contributed by atoms with Crippen LogP contribution in [0, 0.1) is 0 Å². The molecular weight excluding hydrogens is 194 g/mol. The first kappa shape index (κ1) is 12.0. The van der Waals surface area contributed by atoms with Gasteiger partial charge in [0.15, 0.2) is 0 Å². The molecule has 0 spiro atoms. The zero-order chi connectivity index (χ0) is 11.3. The smallest absolute Gasteiger partial charge is 0.266 e. The molecule has 0 bridgehead atoms. The second-order valence-corrected chi connectivity index (χ2v) is 3.55. The van der Waals surface area contributed by atoms with Crippen molar-refractivity contribution in [2.24, 2.45) is 0 Å². The maximum Gasteiger partial charge on any atom is 0.266 e. The largest absolute Gasteiger partial charge is 0.393 e. The predicted molar refractivity (Wildman–Crippen MR) is 57.9 cm³/mol. The standard InChI is InChI=1S/C10H19N3O2/c1-4-13(5-2)10-11-9(15-12-10)7-6-8(3)14/h8,14H,4-7H2,1-3H3. The van der Waals surface area contributed by atoms with Gasteiger partial charge >= 0.3 is 0 Å². The van der Waals surface area contributed by atoms with Crippen LogP contribution < -0.4 is 4.90 Å². The molecule has 0 amide bonds. The number of aromatic nitrogens is 2. The first-order valence-electron chi connectivity index (χ1n) is 5.43. The van der Waals surface area contributed by atoms with Crippen molar-refractivity contribution in [2.75, 3.05) is 18.0 Å². The summed E-state index contributed by atoms with van der Waals surface area (Å²) in [5.41, 5.74) is 0. The van der Waals surface area contributed by atoms with Crippen LogP contribution in [0.5, 0.6) is 0 Å². The van der Waals surface area contributed by atoms with Crippen molar-refractivity contribution in [2.45, 2.75) is 39.7 Å². The van der Waals surface area contributed by atoms with E-state index in [1.165, 1.54) is 0 Å². The van der Waals surface area contributed by atoms with Crippen LogP contribution in [-0.2, 0) is 6.42 Å². The molecule has 0 aliphatic carbocycles. The minimum atomic E-state index is -0.325. The fraction of sp³-hybridized carbons (Fsp3) is 0.800. The van der Waals surface area contributed by atoms with Crippen molar-refractivity contribution in [3.63, 3.8) is 0 Å². The quantitative estimate of drug-likeness (QED) is 0.770. The highest BCUT2D eigenvalue weighted by molar-refractivity contribution is 5.26. The van der Waals surface area contributed by atoms with Gasteiger partial charge in [0.2, 0.25) is 5.89 Å². The average molecular weight is 213 g/mol. The molecule has 0 aliphatic rings. The van der Waals surface area contributed by atoms with E-state index in [2.05, 4.69) is 24.0 Å². The topological polar surface area (TPSA) is 62.4 Å². The van der Waals surface area contributed by atoms with Crippen LogP contribution in [0.3, 0.4) is 0 Å². The molecule has 0 aromatic carbocycles. The lowest BCUT2D eigenvalue weighted by molar-refractivity contribution is 0.180. The second kappa shape index (κ2) is 5.70. The molecule has 0 fully saturated rings. The Morgan fingerprint density at radius 2 is 2.07 bits per heavy atom. The first-order chi connectivity index (χ1) is 7.17. The van der Waals surface area contributed by atoms with E-state index in [1.807, 2.05) is 4.90 Å². The van der Waals surface area contributed by atoms with Crippen molar-refractivity contribution >= 4 is 5.95 Å². The summed E-state index contributed by atoms with van der Waals surface area (Å²) in [6.45, 7) is 7.59. The second-order valence-electron chi connectivity index (χ2n) is 3.55. The molecule has 5 nitrogen and oxygen atoms in total. The maximum atomic E-state index is 9.12. The molecule has 86 valence electrons. The number of aliphatic hydroxyl groups excluding tert-OH is 1. The molecule has 1 N–H and O–H groups in total. The fourth-order valence-electron chi connectivity index (χ4n) is 1.31. The highest BCUT2D eigenvalue weighted by Crippen LogP contribution is 2.10. The highest BCUT2D eigenvalue weighted by atomic mass is 16.5. The predicted octanol–water partition coefficient (Wildman–Crippen LogP) is 1.23.